The van der Waals surface area contributed by atoms with Gasteiger partial charge in [-0.1, -0.05) is 13.0 Å². The third-order valence-electron chi connectivity index (χ3n) is 4.14. The fraction of sp³-hybridized carbons (Fsp3) is 0.688. The van der Waals surface area contributed by atoms with Gasteiger partial charge in [0.05, 0.1) is 6.61 Å². The predicted octanol–water partition coefficient (Wildman–Crippen LogP) is 2.62. The van der Waals surface area contributed by atoms with E-state index >= 15 is 0 Å². The van der Waals surface area contributed by atoms with E-state index in [2.05, 4.69) is 42.2 Å². The smallest absolute Gasteiger partial charge is 0.218 e. The van der Waals surface area contributed by atoms with Crippen LogP contribution in [-0.2, 0) is 0 Å². The molecule has 1 aromatic heterocycles. The molecule has 1 aromatic rings. The van der Waals surface area contributed by atoms with E-state index in [1.165, 1.54) is 19.4 Å². The highest BCUT2D eigenvalue weighted by molar-refractivity contribution is 5.28. The highest BCUT2D eigenvalue weighted by Crippen LogP contribution is 2.23. The number of hydrogen-bond donors (Lipinski definition) is 1. The third kappa shape index (κ3) is 3.93. The molecule has 1 N–H and O–H groups in total. The lowest BCUT2D eigenvalue weighted by atomic mass is 10.1. The summed E-state index contributed by atoms with van der Waals surface area (Å²) in [6, 6.07) is 5.02. The Labute approximate surface area is 122 Å². The van der Waals surface area contributed by atoms with Crippen molar-refractivity contribution in [3.63, 3.8) is 0 Å². The number of likely N-dealkylation sites (tertiary alicyclic amines) is 1. The van der Waals surface area contributed by atoms with E-state index < -0.39 is 0 Å². The third-order valence-corrected chi connectivity index (χ3v) is 4.14. The lowest BCUT2D eigenvalue weighted by Gasteiger charge is -2.20. The normalized spacial score (nSPS) is 21.1. The lowest BCUT2D eigenvalue weighted by Crippen LogP contribution is -2.26. The zero-order valence-corrected chi connectivity index (χ0v) is 12.9. The van der Waals surface area contributed by atoms with Crippen molar-refractivity contribution < 1.29 is 4.74 Å². The Morgan fingerprint density at radius 3 is 3.10 bits per heavy atom. The van der Waals surface area contributed by atoms with E-state index in [0.29, 0.717) is 6.04 Å². The Hall–Kier alpha value is -1.13. The van der Waals surface area contributed by atoms with E-state index in [1.807, 2.05) is 6.07 Å². The molecule has 0 spiro atoms. The quantitative estimate of drug-likeness (QED) is 0.831. The van der Waals surface area contributed by atoms with Crippen LogP contribution in [0.15, 0.2) is 18.3 Å². The Balaban J connectivity index is 1.88. The van der Waals surface area contributed by atoms with Crippen LogP contribution < -0.4 is 10.1 Å². The maximum absolute atomic E-state index is 5.94. The molecule has 2 unspecified atom stereocenters. The molecule has 4 nitrogen and oxygen atoms in total. The van der Waals surface area contributed by atoms with Gasteiger partial charge in [-0.15, -0.1) is 0 Å². The summed E-state index contributed by atoms with van der Waals surface area (Å²) in [7, 11) is 2.21. The SMILES string of the molecule is CCNC(C)c1cccnc1OCCC1CCCN1C. The molecule has 0 bridgehead atoms. The lowest BCUT2D eigenvalue weighted by molar-refractivity contribution is 0.226. The molecule has 2 heterocycles. The van der Waals surface area contributed by atoms with Crippen LogP contribution in [0.1, 0.15) is 44.7 Å². The molecule has 1 aliphatic heterocycles. The number of nitrogens with zero attached hydrogens (tertiary/aromatic N) is 2. The van der Waals surface area contributed by atoms with Crippen molar-refractivity contribution in [3.8, 4) is 5.88 Å². The minimum Gasteiger partial charge on any atom is -0.477 e. The van der Waals surface area contributed by atoms with Crippen LogP contribution in [0.25, 0.3) is 0 Å². The summed E-state index contributed by atoms with van der Waals surface area (Å²) in [5, 5.41) is 3.41. The van der Waals surface area contributed by atoms with E-state index in [4.69, 9.17) is 4.74 Å². The molecule has 0 radical (unpaired) electrons. The van der Waals surface area contributed by atoms with Crippen LogP contribution in [-0.4, -0.2) is 42.7 Å². The van der Waals surface area contributed by atoms with Gasteiger partial charge in [-0.3, -0.25) is 0 Å². The molecule has 20 heavy (non-hydrogen) atoms. The number of hydrogen-bond acceptors (Lipinski definition) is 4. The number of nitrogens with one attached hydrogen (secondary N) is 1. The Morgan fingerprint density at radius 1 is 1.55 bits per heavy atom. The second-order valence-electron chi connectivity index (χ2n) is 5.59. The number of rotatable bonds is 7. The van der Waals surface area contributed by atoms with Gasteiger partial charge in [0, 0.05) is 23.8 Å². The molecule has 2 rings (SSSR count). The van der Waals surface area contributed by atoms with Gasteiger partial charge in [-0.05, 0) is 52.4 Å². The standard InChI is InChI=1S/C16H27N3O/c1-4-17-13(2)15-8-5-10-18-16(15)20-12-9-14-7-6-11-19(14)3/h5,8,10,13-14,17H,4,6-7,9,11-12H2,1-3H3. The van der Waals surface area contributed by atoms with Crippen molar-refractivity contribution in [1.29, 1.82) is 0 Å². The molecule has 112 valence electrons. The Kier molecular flexibility index (Phi) is 5.80. The summed E-state index contributed by atoms with van der Waals surface area (Å²) in [6.45, 7) is 7.18. The van der Waals surface area contributed by atoms with Gasteiger partial charge in [0.1, 0.15) is 0 Å². The second kappa shape index (κ2) is 7.60. The molecular formula is C16H27N3O. The van der Waals surface area contributed by atoms with E-state index in [0.717, 1.165) is 31.0 Å². The van der Waals surface area contributed by atoms with Crippen molar-refractivity contribution in [3.05, 3.63) is 23.9 Å². The van der Waals surface area contributed by atoms with Crippen LogP contribution in [0, 0.1) is 0 Å². The van der Waals surface area contributed by atoms with Crippen molar-refractivity contribution >= 4 is 0 Å². The van der Waals surface area contributed by atoms with Gasteiger partial charge in [0.2, 0.25) is 5.88 Å². The molecular weight excluding hydrogens is 250 g/mol. The average Bonchev–Trinajstić information content (AvgIpc) is 2.85. The van der Waals surface area contributed by atoms with Gasteiger partial charge in [-0.2, -0.15) is 0 Å². The molecule has 0 saturated carbocycles. The molecule has 2 atom stereocenters. The zero-order valence-electron chi connectivity index (χ0n) is 12.9. The summed E-state index contributed by atoms with van der Waals surface area (Å²) in [5.74, 6) is 0.779. The van der Waals surface area contributed by atoms with Gasteiger partial charge < -0.3 is 15.0 Å². The summed E-state index contributed by atoms with van der Waals surface area (Å²) in [4.78, 5) is 6.82. The summed E-state index contributed by atoms with van der Waals surface area (Å²) >= 11 is 0. The maximum atomic E-state index is 5.94. The summed E-state index contributed by atoms with van der Waals surface area (Å²) in [6.07, 6.45) is 5.50. The first-order valence-corrected chi connectivity index (χ1v) is 7.73. The first-order chi connectivity index (χ1) is 9.72. The highest BCUT2D eigenvalue weighted by Gasteiger charge is 2.20. The van der Waals surface area contributed by atoms with Crippen LogP contribution in [0.4, 0.5) is 0 Å². The molecule has 4 heteroatoms. The largest absolute Gasteiger partial charge is 0.477 e. The van der Waals surface area contributed by atoms with Crippen molar-refractivity contribution in [1.82, 2.24) is 15.2 Å². The van der Waals surface area contributed by atoms with Gasteiger partial charge in [0.25, 0.3) is 0 Å². The number of ether oxygens (including phenoxy) is 1. The highest BCUT2D eigenvalue weighted by atomic mass is 16.5. The maximum Gasteiger partial charge on any atom is 0.218 e. The second-order valence-corrected chi connectivity index (χ2v) is 5.59. The number of aromatic nitrogens is 1. The topological polar surface area (TPSA) is 37.4 Å². The Bertz CT molecular complexity index is 410. The molecule has 1 saturated heterocycles. The average molecular weight is 277 g/mol. The Morgan fingerprint density at radius 2 is 2.40 bits per heavy atom. The van der Waals surface area contributed by atoms with Crippen molar-refractivity contribution in [2.45, 2.75) is 45.2 Å². The molecule has 0 aromatic carbocycles. The summed E-state index contributed by atoms with van der Waals surface area (Å²) < 4.78 is 5.94. The van der Waals surface area contributed by atoms with Crippen molar-refractivity contribution in [2.75, 3.05) is 26.7 Å². The zero-order chi connectivity index (χ0) is 14.4. The molecule has 1 aliphatic rings. The molecule has 0 amide bonds. The van der Waals surface area contributed by atoms with Crippen LogP contribution in [0.3, 0.4) is 0 Å². The van der Waals surface area contributed by atoms with Crippen molar-refractivity contribution in [2.24, 2.45) is 0 Å². The predicted molar refractivity (Wildman–Crippen MR) is 82.1 cm³/mol. The minimum absolute atomic E-state index is 0.276. The van der Waals surface area contributed by atoms with E-state index in [1.54, 1.807) is 6.20 Å². The van der Waals surface area contributed by atoms with Crippen LogP contribution in [0.2, 0.25) is 0 Å². The van der Waals surface area contributed by atoms with E-state index in [-0.39, 0.29) is 6.04 Å². The molecule has 0 aliphatic carbocycles. The summed E-state index contributed by atoms with van der Waals surface area (Å²) in [5.41, 5.74) is 1.15. The fourth-order valence-electron chi connectivity index (χ4n) is 2.91. The van der Waals surface area contributed by atoms with Gasteiger partial charge in [-0.25, -0.2) is 4.98 Å². The van der Waals surface area contributed by atoms with Gasteiger partial charge in [0.15, 0.2) is 0 Å². The molecule has 1 fully saturated rings. The first-order valence-electron chi connectivity index (χ1n) is 7.73. The van der Waals surface area contributed by atoms with Crippen LogP contribution >= 0.6 is 0 Å². The number of pyridine rings is 1. The first kappa shape index (κ1) is 15.3. The van der Waals surface area contributed by atoms with Crippen LogP contribution in [0.5, 0.6) is 5.88 Å². The monoisotopic (exact) mass is 277 g/mol. The minimum atomic E-state index is 0.276. The fourth-order valence-corrected chi connectivity index (χ4v) is 2.91. The van der Waals surface area contributed by atoms with E-state index in [9.17, 15) is 0 Å². The van der Waals surface area contributed by atoms with Gasteiger partial charge >= 0.3 is 0 Å².